The minimum Gasteiger partial charge on any atom is -0.488 e. The highest BCUT2D eigenvalue weighted by Crippen LogP contribution is 2.38. The van der Waals surface area contributed by atoms with E-state index in [1.807, 2.05) is 12.1 Å². The molecule has 2 heterocycles. The third-order valence-electron chi connectivity index (χ3n) is 6.10. The molecule has 0 radical (unpaired) electrons. The number of nitrogens with one attached hydrogen (secondary N) is 2. The molecule has 2 aliphatic rings. The lowest BCUT2D eigenvalue weighted by Crippen LogP contribution is -2.38. The van der Waals surface area contributed by atoms with E-state index in [1.165, 1.54) is 0 Å². The van der Waals surface area contributed by atoms with Gasteiger partial charge in [-0.2, -0.15) is 0 Å². The quantitative estimate of drug-likeness (QED) is 0.339. The average Bonchev–Trinajstić information content (AvgIpc) is 3.71. The first-order valence-electron chi connectivity index (χ1n) is 12.3. The van der Waals surface area contributed by atoms with Gasteiger partial charge in [0, 0.05) is 49.4 Å². The lowest BCUT2D eigenvalue weighted by Gasteiger charge is -2.26. The normalized spacial score (nSPS) is 15.8. The first-order chi connectivity index (χ1) is 18.1. The monoisotopic (exact) mass is 527 g/mol. The molecule has 196 valence electrons. The molecule has 0 spiro atoms. The number of nitrogens with zero attached hydrogens (tertiary/aromatic N) is 2. The Bertz CT molecular complexity index is 1250. The summed E-state index contributed by atoms with van der Waals surface area (Å²) in [4.78, 5) is 18.8. The van der Waals surface area contributed by atoms with Crippen molar-refractivity contribution in [2.45, 2.75) is 18.9 Å². The minimum atomic E-state index is -0.270. The van der Waals surface area contributed by atoms with Crippen LogP contribution in [0.5, 0.6) is 23.0 Å². The molecule has 0 bridgehead atoms. The predicted molar refractivity (Wildman–Crippen MR) is 141 cm³/mol. The van der Waals surface area contributed by atoms with Gasteiger partial charge in [0.15, 0.2) is 11.5 Å². The molecule has 0 unspecified atom stereocenters. The van der Waals surface area contributed by atoms with Gasteiger partial charge < -0.3 is 29.6 Å². The summed E-state index contributed by atoms with van der Waals surface area (Å²) in [5, 5.41) is 6.73. The SMILES string of the molecule is NCOc1cc2c(Oc3ccc(NC(=O)NC4CC4)c(Cl)c3)ccnc2cc1OCCN1CCOCC1. The van der Waals surface area contributed by atoms with Crippen LogP contribution < -0.4 is 30.6 Å². The largest absolute Gasteiger partial charge is 0.488 e. The van der Waals surface area contributed by atoms with Crippen LogP contribution >= 0.6 is 11.6 Å². The first-order valence-corrected chi connectivity index (χ1v) is 12.7. The first kappa shape index (κ1) is 25.3. The molecular formula is C26H30ClN5O5. The maximum Gasteiger partial charge on any atom is 0.319 e. The van der Waals surface area contributed by atoms with Crippen LogP contribution in [0.25, 0.3) is 10.9 Å². The summed E-state index contributed by atoms with van der Waals surface area (Å²) in [6.45, 7) is 4.55. The van der Waals surface area contributed by atoms with E-state index in [1.54, 1.807) is 30.5 Å². The molecule has 37 heavy (non-hydrogen) atoms. The standard InChI is InChI=1S/C26H30ClN5O5/c27-20-13-18(3-4-21(20)31-26(33)30-17-1-2-17)37-23-5-6-29-22-15-25(24(36-16-28)14-19(22)23)35-12-9-32-7-10-34-11-8-32/h3-6,13-15,17H,1-2,7-12,16,28H2,(H2,30,31,33). The van der Waals surface area contributed by atoms with E-state index in [2.05, 4.69) is 20.5 Å². The molecule has 5 rings (SSSR count). The van der Waals surface area contributed by atoms with Crippen molar-refractivity contribution >= 4 is 34.2 Å². The number of carbonyl (C=O) groups is 1. The second-order valence-electron chi connectivity index (χ2n) is 8.86. The van der Waals surface area contributed by atoms with Gasteiger partial charge in [-0.05, 0) is 37.1 Å². The molecule has 1 aromatic heterocycles. The summed E-state index contributed by atoms with van der Waals surface area (Å²) >= 11 is 6.41. The number of fused-ring (bicyclic) bond motifs is 1. The highest BCUT2D eigenvalue weighted by atomic mass is 35.5. The second-order valence-corrected chi connectivity index (χ2v) is 9.26. The number of hydrogen-bond donors (Lipinski definition) is 3. The van der Waals surface area contributed by atoms with Gasteiger partial charge in [-0.1, -0.05) is 11.6 Å². The van der Waals surface area contributed by atoms with Crippen molar-refractivity contribution in [3.63, 3.8) is 0 Å². The van der Waals surface area contributed by atoms with E-state index in [0.717, 1.165) is 51.1 Å². The maximum atomic E-state index is 12.0. The number of urea groups is 1. The Kier molecular flexibility index (Phi) is 8.10. The van der Waals surface area contributed by atoms with Crippen molar-refractivity contribution in [2.24, 2.45) is 5.73 Å². The highest BCUT2D eigenvalue weighted by Gasteiger charge is 2.23. The summed E-state index contributed by atoms with van der Waals surface area (Å²) in [7, 11) is 0. The Balaban J connectivity index is 1.30. The highest BCUT2D eigenvalue weighted by molar-refractivity contribution is 6.33. The lowest BCUT2D eigenvalue weighted by molar-refractivity contribution is 0.0321. The molecule has 1 aliphatic carbocycles. The summed E-state index contributed by atoms with van der Waals surface area (Å²) in [6.07, 6.45) is 3.68. The van der Waals surface area contributed by atoms with Crippen molar-refractivity contribution in [1.29, 1.82) is 0 Å². The molecule has 11 heteroatoms. The number of nitrogens with two attached hydrogens (primary N) is 1. The van der Waals surface area contributed by atoms with Crippen LogP contribution in [0, 0.1) is 0 Å². The van der Waals surface area contributed by atoms with E-state index < -0.39 is 0 Å². The number of hydrogen-bond acceptors (Lipinski definition) is 8. The molecule has 10 nitrogen and oxygen atoms in total. The Labute approximate surface area is 220 Å². The van der Waals surface area contributed by atoms with E-state index in [9.17, 15) is 4.79 Å². The molecule has 1 saturated heterocycles. The Morgan fingerprint density at radius 1 is 1.11 bits per heavy atom. The molecule has 2 amide bonds. The number of rotatable bonds is 10. The van der Waals surface area contributed by atoms with Crippen LogP contribution in [0.4, 0.5) is 10.5 Å². The van der Waals surface area contributed by atoms with E-state index in [-0.39, 0.29) is 18.8 Å². The second kappa shape index (κ2) is 11.8. The van der Waals surface area contributed by atoms with Gasteiger partial charge in [0.25, 0.3) is 0 Å². The Hall–Kier alpha value is -3.31. The van der Waals surface area contributed by atoms with E-state index in [4.69, 9.17) is 36.3 Å². The Morgan fingerprint density at radius 2 is 1.92 bits per heavy atom. The topological polar surface area (TPSA) is 120 Å². The van der Waals surface area contributed by atoms with Gasteiger partial charge in [0.05, 0.1) is 29.4 Å². The number of morpholine rings is 1. The summed E-state index contributed by atoms with van der Waals surface area (Å²) in [6, 6.07) is 10.5. The summed E-state index contributed by atoms with van der Waals surface area (Å²) < 4.78 is 23.2. The zero-order valence-corrected chi connectivity index (χ0v) is 21.1. The van der Waals surface area contributed by atoms with Crippen molar-refractivity contribution in [3.05, 3.63) is 47.6 Å². The zero-order chi connectivity index (χ0) is 25.6. The molecule has 4 N–H and O–H groups in total. The van der Waals surface area contributed by atoms with Gasteiger partial charge in [0.2, 0.25) is 0 Å². The Morgan fingerprint density at radius 3 is 2.68 bits per heavy atom. The summed E-state index contributed by atoms with van der Waals surface area (Å²) in [5.74, 6) is 2.15. The van der Waals surface area contributed by atoms with Gasteiger partial charge in [-0.3, -0.25) is 15.6 Å². The maximum absolute atomic E-state index is 12.0. The van der Waals surface area contributed by atoms with Crippen LogP contribution in [-0.2, 0) is 4.74 Å². The zero-order valence-electron chi connectivity index (χ0n) is 20.4. The molecule has 2 aromatic carbocycles. The smallest absolute Gasteiger partial charge is 0.319 e. The number of benzene rings is 2. The lowest BCUT2D eigenvalue weighted by atomic mass is 10.1. The van der Waals surface area contributed by atoms with Crippen LogP contribution in [0.2, 0.25) is 5.02 Å². The molecular weight excluding hydrogens is 498 g/mol. The van der Waals surface area contributed by atoms with Crippen molar-refractivity contribution in [1.82, 2.24) is 15.2 Å². The van der Waals surface area contributed by atoms with E-state index >= 15 is 0 Å². The van der Waals surface area contributed by atoms with Crippen molar-refractivity contribution in [2.75, 3.05) is 51.5 Å². The van der Waals surface area contributed by atoms with Crippen LogP contribution in [-0.4, -0.2) is 68.1 Å². The number of pyridine rings is 1. The number of ether oxygens (including phenoxy) is 4. The predicted octanol–water partition coefficient (Wildman–Crippen LogP) is 3.97. The third-order valence-corrected chi connectivity index (χ3v) is 6.42. The van der Waals surface area contributed by atoms with Gasteiger partial charge in [-0.25, -0.2) is 4.79 Å². The molecule has 3 aromatic rings. The van der Waals surface area contributed by atoms with Crippen LogP contribution in [0.1, 0.15) is 12.8 Å². The number of anilines is 1. The average molecular weight is 528 g/mol. The van der Waals surface area contributed by atoms with Crippen LogP contribution in [0.3, 0.4) is 0 Å². The fourth-order valence-corrected chi connectivity index (χ4v) is 4.22. The van der Waals surface area contributed by atoms with E-state index in [0.29, 0.717) is 45.8 Å². The number of carbonyl (C=O) groups excluding carboxylic acids is 1. The number of amides is 2. The molecule has 2 fully saturated rings. The van der Waals surface area contributed by atoms with Gasteiger partial charge >= 0.3 is 6.03 Å². The van der Waals surface area contributed by atoms with Crippen LogP contribution in [0.15, 0.2) is 42.6 Å². The van der Waals surface area contributed by atoms with Crippen molar-refractivity contribution < 1.29 is 23.7 Å². The van der Waals surface area contributed by atoms with Gasteiger partial charge in [-0.15, -0.1) is 0 Å². The molecule has 1 saturated carbocycles. The fraction of sp³-hybridized carbons (Fsp3) is 0.385. The number of aromatic nitrogens is 1. The molecule has 0 atom stereocenters. The molecule has 1 aliphatic heterocycles. The summed E-state index contributed by atoms with van der Waals surface area (Å²) in [5.41, 5.74) is 6.87. The minimum absolute atomic E-state index is 0.000176. The number of halogens is 1. The van der Waals surface area contributed by atoms with Crippen molar-refractivity contribution in [3.8, 4) is 23.0 Å². The fourth-order valence-electron chi connectivity index (χ4n) is 4.00. The third kappa shape index (κ3) is 6.72. The van der Waals surface area contributed by atoms with Gasteiger partial charge in [0.1, 0.15) is 24.8 Å².